The minimum absolute atomic E-state index is 0.0597. The van der Waals surface area contributed by atoms with Crippen molar-refractivity contribution in [3.63, 3.8) is 0 Å². The molecule has 0 bridgehead atoms. The van der Waals surface area contributed by atoms with E-state index in [2.05, 4.69) is 14.9 Å². The molecule has 1 saturated heterocycles. The Hall–Kier alpha value is -2.43. The zero-order valence-corrected chi connectivity index (χ0v) is 15.1. The second kappa shape index (κ2) is 8.10. The van der Waals surface area contributed by atoms with Crippen LogP contribution in [0.5, 0.6) is 0 Å². The second-order valence-corrected chi connectivity index (χ2v) is 6.56. The van der Waals surface area contributed by atoms with Crippen LogP contribution in [0.15, 0.2) is 36.7 Å². The Labute approximate surface area is 149 Å². The molecule has 25 heavy (non-hydrogen) atoms. The Morgan fingerprint density at radius 2 is 1.80 bits per heavy atom. The lowest BCUT2D eigenvalue weighted by molar-refractivity contribution is 0.0987. The van der Waals surface area contributed by atoms with Gasteiger partial charge >= 0.3 is 0 Å². The molecule has 0 saturated carbocycles. The predicted octanol–water partition coefficient (Wildman–Crippen LogP) is 3.83. The number of benzene rings is 1. The summed E-state index contributed by atoms with van der Waals surface area (Å²) < 4.78 is 0. The van der Waals surface area contributed by atoms with Crippen molar-refractivity contribution >= 4 is 17.5 Å². The molecule has 1 aromatic carbocycles. The van der Waals surface area contributed by atoms with Crippen molar-refractivity contribution in [2.45, 2.75) is 39.5 Å². The van der Waals surface area contributed by atoms with E-state index < -0.39 is 0 Å². The van der Waals surface area contributed by atoms with E-state index in [0.29, 0.717) is 12.1 Å². The van der Waals surface area contributed by atoms with Crippen molar-refractivity contribution in [1.82, 2.24) is 9.97 Å². The normalized spacial score (nSPS) is 14.9. The Balaban J connectivity index is 1.77. The zero-order valence-electron chi connectivity index (χ0n) is 15.1. The second-order valence-electron chi connectivity index (χ2n) is 6.56. The van der Waals surface area contributed by atoms with Crippen LogP contribution in [-0.4, -0.2) is 35.5 Å². The first kappa shape index (κ1) is 17.4. The van der Waals surface area contributed by atoms with Crippen LogP contribution in [0.25, 0.3) is 0 Å². The van der Waals surface area contributed by atoms with Gasteiger partial charge in [0.1, 0.15) is 0 Å². The van der Waals surface area contributed by atoms with Crippen LogP contribution in [0.3, 0.4) is 0 Å². The van der Waals surface area contributed by atoms with E-state index in [4.69, 9.17) is 0 Å². The van der Waals surface area contributed by atoms with Crippen LogP contribution < -0.4 is 9.80 Å². The van der Waals surface area contributed by atoms with Crippen molar-refractivity contribution in [2.24, 2.45) is 0 Å². The number of carbonyl (C=O) groups is 1. The van der Waals surface area contributed by atoms with Crippen molar-refractivity contribution in [3.05, 3.63) is 47.8 Å². The van der Waals surface area contributed by atoms with Gasteiger partial charge in [-0.2, -0.15) is 0 Å². The molecule has 0 spiro atoms. The van der Waals surface area contributed by atoms with Gasteiger partial charge in [-0.15, -0.1) is 0 Å². The average Bonchev–Trinajstić information content (AvgIpc) is 2.92. The summed E-state index contributed by atoms with van der Waals surface area (Å²) in [5.41, 5.74) is 2.57. The molecule has 132 valence electrons. The molecule has 0 unspecified atom stereocenters. The number of anilines is 2. The Morgan fingerprint density at radius 3 is 2.40 bits per heavy atom. The lowest BCUT2D eigenvalue weighted by Gasteiger charge is -2.22. The first-order chi connectivity index (χ1) is 12.2. The van der Waals surface area contributed by atoms with Crippen LogP contribution in [0, 0.1) is 6.92 Å². The van der Waals surface area contributed by atoms with Gasteiger partial charge < -0.3 is 9.80 Å². The summed E-state index contributed by atoms with van der Waals surface area (Å²) in [5.74, 6) is 0.674. The highest BCUT2D eigenvalue weighted by Gasteiger charge is 2.18. The number of hydrogen-bond donors (Lipinski definition) is 0. The number of rotatable bonds is 4. The summed E-state index contributed by atoms with van der Waals surface area (Å²) in [5, 5.41) is 0. The fourth-order valence-electron chi connectivity index (χ4n) is 3.26. The first-order valence-electron chi connectivity index (χ1n) is 9.14. The fourth-order valence-corrected chi connectivity index (χ4v) is 3.26. The summed E-state index contributed by atoms with van der Waals surface area (Å²) >= 11 is 0. The van der Waals surface area contributed by atoms with E-state index in [1.54, 1.807) is 17.3 Å². The highest BCUT2D eigenvalue weighted by atomic mass is 16.2. The number of nitrogens with zero attached hydrogens (tertiary/aromatic N) is 4. The Kier molecular flexibility index (Phi) is 5.64. The SMILES string of the molecule is CCN(C(=O)c1cnc(N2CCCCCC2)nc1)c1cccc(C)c1. The number of carbonyl (C=O) groups excluding carboxylic acids is 1. The highest BCUT2D eigenvalue weighted by molar-refractivity contribution is 6.05. The summed E-state index contributed by atoms with van der Waals surface area (Å²) in [4.78, 5) is 25.8. The predicted molar refractivity (Wildman–Crippen MR) is 101 cm³/mol. The van der Waals surface area contributed by atoms with E-state index in [0.717, 1.165) is 30.3 Å². The number of aromatic nitrogens is 2. The van der Waals surface area contributed by atoms with Gasteiger partial charge in [-0.3, -0.25) is 4.79 Å². The Bertz CT molecular complexity index is 706. The summed E-state index contributed by atoms with van der Waals surface area (Å²) in [6.45, 7) is 6.61. The molecule has 1 amide bonds. The molecule has 2 heterocycles. The maximum Gasteiger partial charge on any atom is 0.261 e. The summed E-state index contributed by atoms with van der Waals surface area (Å²) in [7, 11) is 0. The minimum atomic E-state index is -0.0597. The van der Waals surface area contributed by atoms with Crippen LogP contribution in [0.2, 0.25) is 0 Å². The third kappa shape index (κ3) is 4.16. The number of hydrogen-bond acceptors (Lipinski definition) is 4. The molecule has 2 aromatic rings. The quantitative estimate of drug-likeness (QED) is 0.850. The van der Waals surface area contributed by atoms with Crippen molar-refractivity contribution in [1.29, 1.82) is 0 Å². The van der Waals surface area contributed by atoms with Gasteiger partial charge in [0, 0.05) is 37.7 Å². The van der Waals surface area contributed by atoms with Gasteiger partial charge in [-0.05, 0) is 44.4 Å². The third-order valence-electron chi connectivity index (χ3n) is 4.65. The molecule has 1 aliphatic heterocycles. The largest absolute Gasteiger partial charge is 0.341 e. The van der Waals surface area contributed by atoms with Crippen LogP contribution in [0.1, 0.15) is 48.5 Å². The molecule has 1 aliphatic rings. The molecule has 0 N–H and O–H groups in total. The first-order valence-corrected chi connectivity index (χ1v) is 9.14. The third-order valence-corrected chi connectivity index (χ3v) is 4.65. The molecule has 1 aromatic heterocycles. The summed E-state index contributed by atoms with van der Waals surface area (Å²) in [6.07, 6.45) is 8.23. The van der Waals surface area contributed by atoms with Gasteiger partial charge in [-0.25, -0.2) is 9.97 Å². The van der Waals surface area contributed by atoms with E-state index in [-0.39, 0.29) is 5.91 Å². The smallest absolute Gasteiger partial charge is 0.261 e. The summed E-state index contributed by atoms with van der Waals surface area (Å²) in [6, 6.07) is 7.98. The van der Waals surface area contributed by atoms with Crippen molar-refractivity contribution in [2.75, 3.05) is 29.4 Å². The van der Waals surface area contributed by atoms with Crippen LogP contribution >= 0.6 is 0 Å². The van der Waals surface area contributed by atoms with E-state index in [1.807, 2.05) is 38.1 Å². The topological polar surface area (TPSA) is 49.3 Å². The van der Waals surface area contributed by atoms with Gasteiger partial charge in [0.25, 0.3) is 5.91 Å². The monoisotopic (exact) mass is 338 g/mol. The molecular formula is C20H26N4O. The van der Waals surface area contributed by atoms with Crippen LogP contribution in [0.4, 0.5) is 11.6 Å². The molecule has 5 heteroatoms. The molecule has 0 radical (unpaired) electrons. The van der Waals surface area contributed by atoms with Crippen molar-refractivity contribution in [3.8, 4) is 0 Å². The molecule has 0 aliphatic carbocycles. The molecule has 5 nitrogen and oxygen atoms in total. The molecule has 0 atom stereocenters. The Morgan fingerprint density at radius 1 is 1.12 bits per heavy atom. The molecule has 1 fully saturated rings. The zero-order chi connectivity index (χ0) is 17.6. The highest BCUT2D eigenvalue weighted by Crippen LogP contribution is 2.19. The fraction of sp³-hybridized carbons (Fsp3) is 0.450. The molecular weight excluding hydrogens is 312 g/mol. The average molecular weight is 338 g/mol. The minimum Gasteiger partial charge on any atom is -0.341 e. The lowest BCUT2D eigenvalue weighted by Crippen LogP contribution is -2.31. The molecule has 3 rings (SSSR count). The number of aryl methyl sites for hydroxylation is 1. The standard InChI is InChI=1S/C20H26N4O/c1-3-24(18-10-8-9-16(2)13-18)19(25)17-14-21-20(22-15-17)23-11-6-4-5-7-12-23/h8-10,13-15H,3-7,11-12H2,1-2H3. The maximum absolute atomic E-state index is 12.9. The van der Waals surface area contributed by atoms with Gasteiger partial charge in [0.15, 0.2) is 0 Å². The van der Waals surface area contributed by atoms with Crippen LogP contribution in [-0.2, 0) is 0 Å². The van der Waals surface area contributed by atoms with Crippen molar-refractivity contribution < 1.29 is 4.79 Å². The number of amides is 1. The van der Waals surface area contributed by atoms with Gasteiger partial charge in [0.05, 0.1) is 5.56 Å². The van der Waals surface area contributed by atoms with E-state index >= 15 is 0 Å². The van der Waals surface area contributed by atoms with Gasteiger partial charge in [-0.1, -0.05) is 25.0 Å². The van der Waals surface area contributed by atoms with E-state index in [1.165, 1.54) is 25.7 Å². The van der Waals surface area contributed by atoms with Gasteiger partial charge in [0.2, 0.25) is 5.95 Å². The maximum atomic E-state index is 12.9. The lowest BCUT2D eigenvalue weighted by atomic mass is 10.2. The van der Waals surface area contributed by atoms with E-state index in [9.17, 15) is 4.79 Å².